The fourth-order valence-corrected chi connectivity index (χ4v) is 4.73. The maximum absolute atomic E-state index is 13.4. The highest BCUT2D eigenvalue weighted by molar-refractivity contribution is 5.79. The third kappa shape index (κ3) is 6.54. The van der Waals surface area contributed by atoms with Crippen LogP contribution in [0.15, 0.2) is 91.0 Å². The van der Waals surface area contributed by atoms with Crippen molar-refractivity contribution in [2.45, 2.75) is 44.7 Å². The number of nitrogens with zero attached hydrogens (tertiary/aromatic N) is 2. The number of carbonyl (C=O) groups is 1. The van der Waals surface area contributed by atoms with Crippen LogP contribution >= 0.6 is 0 Å². The first-order valence-electron chi connectivity index (χ1n) is 11.9. The normalized spacial score (nSPS) is 15.2. The van der Waals surface area contributed by atoms with Crippen LogP contribution in [0.4, 0.5) is 0 Å². The number of aryl methyl sites for hydroxylation is 2. The Balaban J connectivity index is 1.42. The molecule has 3 nitrogen and oxygen atoms in total. The number of hydrogen-bond donors (Lipinski definition) is 0. The highest BCUT2D eigenvalue weighted by Crippen LogP contribution is 2.20. The lowest BCUT2D eigenvalue weighted by atomic mass is 9.97. The van der Waals surface area contributed by atoms with E-state index in [1.54, 1.807) is 0 Å². The lowest BCUT2D eigenvalue weighted by Gasteiger charge is -2.31. The van der Waals surface area contributed by atoms with Gasteiger partial charge < -0.3 is 4.90 Å². The van der Waals surface area contributed by atoms with Gasteiger partial charge in [0.05, 0.1) is 6.54 Å². The van der Waals surface area contributed by atoms with Crippen molar-refractivity contribution in [3.05, 3.63) is 108 Å². The van der Waals surface area contributed by atoms with Crippen molar-refractivity contribution in [3.8, 4) is 0 Å². The average Bonchev–Trinajstić information content (AvgIpc) is 3.02. The van der Waals surface area contributed by atoms with Crippen molar-refractivity contribution in [3.63, 3.8) is 0 Å². The summed E-state index contributed by atoms with van der Waals surface area (Å²) in [7, 11) is 0. The van der Waals surface area contributed by atoms with Gasteiger partial charge in [0.1, 0.15) is 0 Å². The summed E-state index contributed by atoms with van der Waals surface area (Å²) in [4.78, 5) is 17.9. The van der Waals surface area contributed by atoms with Gasteiger partial charge in [0, 0.05) is 25.7 Å². The lowest BCUT2D eigenvalue weighted by molar-refractivity contribution is -0.133. The molecule has 3 aromatic carbocycles. The zero-order chi connectivity index (χ0) is 22.0. The van der Waals surface area contributed by atoms with E-state index in [0.717, 1.165) is 51.7 Å². The summed E-state index contributed by atoms with van der Waals surface area (Å²) in [6.07, 6.45) is 5.09. The molecule has 3 aromatic rings. The van der Waals surface area contributed by atoms with Crippen LogP contribution in [0.2, 0.25) is 0 Å². The Morgan fingerprint density at radius 1 is 0.656 bits per heavy atom. The van der Waals surface area contributed by atoms with Gasteiger partial charge in [0.25, 0.3) is 0 Å². The number of amides is 1. The highest BCUT2D eigenvalue weighted by Gasteiger charge is 2.27. The molecule has 0 N–H and O–H groups in total. The molecule has 0 unspecified atom stereocenters. The second-order valence-electron chi connectivity index (χ2n) is 8.84. The molecular formula is C29H34N2O. The third-order valence-corrected chi connectivity index (χ3v) is 6.46. The summed E-state index contributed by atoms with van der Waals surface area (Å²) in [5.74, 6) is 0.282. The molecule has 1 fully saturated rings. The summed E-state index contributed by atoms with van der Waals surface area (Å²) < 4.78 is 0. The van der Waals surface area contributed by atoms with Gasteiger partial charge in [-0.1, -0.05) is 91.0 Å². The molecule has 166 valence electrons. The molecule has 1 heterocycles. The van der Waals surface area contributed by atoms with Crippen molar-refractivity contribution < 1.29 is 4.79 Å². The maximum atomic E-state index is 13.4. The van der Waals surface area contributed by atoms with Gasteiger partial charge in [-0.2, -0.15) is 0 Å². The molecule has 0 radical (unpaired) electrons. The van der Waals surface area contributed by atoms with E-state index in [0.29, 0.717) is 6.54 Å². The van der Waals surface area contributed by atoms with Crippen LogP contribution in [0.5, 0.6) is 0 Å². The molecule has 1 aliphatic rings. The quantitative estimate of drug-likeness (QED) is 0.460. The molecular weight excluding hydrogens is 392 g/mol. The molecule has 1 amide bonds. The van der Waals surface area contributed by atoms with Gasteiger partial charge in [0.15, 0.2) is 0 Å². The second-order valence-corrected chi connectivity index (χ2v) is 8.84. The molecule has 1 saturated heterocycles. The highest BCUT2D eigenvalue weighted by atomic mass is 16.2. The lowest BCUT2D eigenvalue weighted by Crippen LogP contribution is -2.43. The Morgan fingerprint density at radius 3 is 1.69 bits per heavy atom. The van der Waals surface area contributed by atoms with E-state index < -0.39 is 0 Å². The smallest absolute Gasteiger partial charge is 0.237 e. The Morgan fingerprint density at radius 2 is 1.16 bits per heavy atom. The van der Waals surface area contributed by atoms with E-state index in [4.69, 9.17) is 0 Å². The van der Waals surface area contributed by atoms with Crippen molar-refractivity contribution in [2.75, 3.05) is 19.6 Å². The van der Waals surface area contributed by atoms with Gasteiger partial charge in [-0.05, 0) is 48.8 Å². The molecule has 4 rings (SSSR count). The summed E-state index contributed by atoms with van der Waals surface area (Å²) in [5.41, 5.74) is 3.98. The van der Waals surface area contributed by atoms with E-state index in [-0.39, 0.29) is 11.9 Å². The predicted molar refractivity (Wildman–Crippen MR) is 131 cm³/mol. The first kappa shape index (κ1) is 22.3. The van der Waals surface area contributed by atoms with E-state index in [1.807, 2.05) is 6.07 Å². The molecule has 0 aromatic heterocycles. The van der Waals surface area contributed by atoms with Crippen molar-refractivity contribution in [2.24, 2.45) is 0 Å². The van der Waals surface area contributed by atoms with Crippen molar-refractivity contribution in [1.82, 2.24) is 9.80 Å². The van der Waals surface area contributed by atoms with Crippen LogP contribution in [-0.4, -0.2) is 41.4 Å². The summed E-state index contributed by atoms with van der Waals surface area (Å²) in [5, 5.41) is 0. The van der Waals surface area contributed by atoms with E-state index >= 15 is 0 Å². The van der Waals surface area contributed by atoms with Crippen molar-refractivity contribution >= 4 is 5.91 Å². The minimum atomic E-state index is 0.277. The zero-order valence-electron chi connectivity index (χ0n) is 18.9. The monoisotopic (exact) mass is 426 g/mol. The minimum Gasteiger partial charge on any atom is -0.339 e. The molecule has 32 heavy (non-hydrogen) atoms. The summed E-state index contributed by atoms with van der Waals surface area (Å²) in [6, 6.07) is 32.1. The van der Waals surface area contributed by atoms with Gasteiger partial charge in [-0.3, -0.25) is 9.69 Å². The Labute approximate surface area is 192 Å². The van der Waals surface area contributed by atoms with Crippen molar-refractivity contribution in [1.29, 1.82) is 0 Å². The standard InChI is InChI=1S/C29H34N2O/c32-29-24-30(23-27-15-8-3-9-16-27)21-10-22-31(29)28(19-17-25-11-4-1-5-12-25)20-18-26-13-6-2-7-14-26/h1-9,11-16,28H,10,17-24H2. The Bertz CT molecular complexity index is 899. The van der Waals surface area contributed by atoms with Gasteiger partial charge >= 0.3 is 0 Å². The topological polar surface area (TPSA) is 23.6 Å². The number of benzene rings is 3. The van der Waals surface area contributed by atoms with E-state index in [9.17, 15) is 4.79 Å². The molecule has 1 aliphatic heterocycles. The van der Waals surface area contributed by atoms with E-state index in [1.165, 1.54) is 16.7 Å². The second kappa shape index (κ2) is 11.6. The minimum absolute atomic E-state index is 0.277. The van der Waals surface area contributed by atoms with Crippen LogP contribution in [0.1, 0.15) is 36.0 Å². The van der Waals surface area contributed by atoms with Crippen LogP contribution in [0, 0.1) is 0 Å². The fourth-order valence-electron chi connectivity index (χ4n) is 4.73. The predicted octanol–water partition coefficient (Wildman–Crippen LogP) is 5.36. The average molecular weight is 427 g/mol. The van der Waals surface area contributed by atoms with Crippen LogP contribution < -0.4 is 0 Å². The van der Waals surface area contributed by atoms with Crippen LogP contribution in [0.25, 0.3) is 0 Å². The number of hydrogen-bond acceptors (Lipinski definition) is 2. The van der Waals surface area contributed by atoms with Crippen LogP contribution in [-0.2, 0) is 24.2 Å². The largest absolute Gasteiger partial charge is 0.339 e. The number of carbonyl (C=O) groups excluding carboxylic acids is 1. The molecule has 3 heteroatoms. The molecule has 0 bridgehead atoms. The molecule has 0 atom stereocenters. The summed E-state index contributed by atoms with van der Waals surface area (Å²) >= 11 is 0. The third-order valence-electron chi connectivity index (χ3n) is 6.46. The van der Waals surface area contributed by atoms with Crippen LogP contribution in [0.3, 0.4) is 0 Å². The first-order chi connectivity index (χ1) is 15.8. The maximum Gasteiger partial charge on any atom is 0.237 e. The van der Waals surface area contributed by atoms with Gasteiger partial charge in [0.2, 0.25) is 5.91 Å². The summed E-state index contributed by atoms with van der Waals surface area (Å²) in [6.45, 7) is 3.20. The van der Waals surface area contributed by atoms with E-state index in [2.05, 4.69) is 94.7 Å². The molecule has 0 spiro atoms. The zero-order valence-corrected chi connectivity index (χ0v) is 18.9. The fraction of sp³-hybridized carbons (Fsp3) is 0.345. The SMILES string of the molecule is O=C1CN(Cc2ccccc2)CCCN1C(CCc1ccccc1)CCc1ccccc1. The molecule has 0 saturated carbocycles. The Hall–Kier alpha value is -2.91. The number of rotatable bonds is 9. The van der Waals surface area contributed by atoms with Gasteiger partial charge in [-0.15, -0.1) is 0 Å². The first-order valence-corrected chi connectivity index (χ1v) is 11.9. The Kier molecular flexibility index (Phi) is 8.11. The molecule has 0 aliphatic carbocycles. The van der Waals surface area contributed by atoms with Gasteiger partial charge in [-0.25, -0.2) is 0 Å².